The average molecular weight is 284 g/mol. The van der Waals surface area contributed by atoms with Crippen LogP contribution in [-0.2, 0) is 0 Å². The number of alkyl halides is 2. The zero-order valence-electron chi connectivity index (χ0n) is 12.0. The molecule has 1 aliphatic heterocycles. The van der Waals surface area contributed by atoms with Crippen LogP contribution in [0, 0.1) is 13.8 Å². The first-order valence-electron chi connectivity index (χ1n) is 6.95. The maximum absolute atomic E-state index is 14.2. The van der Waals surface area contributed by atoms with E-state index >= 15 is 0 Å². The molecule has 2 rings (SSSR count). The number of benzene rings is 1. The second-order valence-corrected chi connectivity index (χ2v) is 5.53. The second kappa shape index (κ2) is 6.16. The van der Waals surface area contributed by atoms with Gasteiger partial charge in [-0.2, -0.15) is 0 Å². The molecule has 0 amide bonds. The number of aryl methyl sites for hydroxylation is 2. The summed E-state index contributed by atoms with van der Waals surface area (Å²) in [6.07, 6.45) is 0. The maximum atomic E-state index is 14.2. The zero-order chi connectivity index (χ0) is 14.8. The maximum Gasteiger partial charge on any atom is 0.289 e. The van der Waals surface area contributed by atoms with Gasteiger partial charge in [0, 0.05) is 26.2 Å². The van der Waals surface area contributed by atoms with Crippen molar-refractivity contribution in [3.63, 3.8) is 0 Å². The Kier molecular flexibility index (Phi) is 4.73. The molecular weight excluding hydrogens is 262 g/mol. The fourth-order valence-corrected chi connectivity index (χ4v) is 2.92. The van der Waals surface area contributed by atoms with Crippen molar-refractivity contribution in [1.82, 2.24) is 10.2 Å². The normalized spacial score (nSPS) is 19.1. The smallest absolute Gasteiger partial charge is 0.289 e. The van der Waals surface area contributed by atoms with Gasteiger partial charge >= 0.3 is 0 Å². The third-order valence-corrected chi connectivity index (χ3v) is 3.69. The Balaban J connectivity index is 2.39. The van der Waals surface area contributed by atoms with Gasteiger partial charge in [0.2, 0.25) is 0 Å². The van der Waals surface area contributed by atoms with Gasteiger partial charge in [-0.05, 0) is 19.4 Å². The summed E-state index contributed by atoms with van der Waals surface area (Å²) in [5, 5.41) is 12.3. The van der Waals surface area contributed by atoms with E-state index in [0.29, 0.717) is 31.7 Å². The Bertz CT molecular complexity index is 439. The summed E-state index contributed by atoms with van der Waals surface area (Å²) < 4.78 is 28.5. The van der Waals surface area contributed by atoms with Crippen molar-refractivity contribution < 1.29 is 13.9 Å². The summed E-state index contributed by atoms with van der Waals surface area (Å²) in [5.74, 6) is -3.14. The first kappa shape index (κ1) is 15.4. The topological polar surface area (TPSA) is 35.5 Å². The minimum atomic E-state index is -3.14. The van der Waals surface area contributed by atoms with Gasteiger partial charge in [0.25, 0.3) is 5.92 Å². The number of rotatable bonds is 4. The van der Waals surface area contributed by atoms with E-state index in [4.69, 9.17) is 5.11 Å². The number of aliphatic hydroxyl groups is 1. The van der Waals surface area contributed by atoms with E-state index in [-0.39, 0.29) is 0 Å². The molecule has 1 atom stereocenters. The van der Waals surface area contributed by atoms with Crippen molar-refractivity contribution in [3.8, 4) is 0 Å². The predicted octanol–water partition coefficient (Wildman–Crippen LogP) is 1.88. The average Bonchev–Trinajstić information content (AvgIpc) is 2.39. The molecule has 3 nitrogen and oxygen atoms in total. The molecule has 5 heteroatoms. The molecule has 20 heavy (non-hydrogen) atoms. The molecule has 1 heterocycles. The third kappa shape index (κ3) is 3.34. The summed E-state index contributed by atoms with van der Waals surface area (Å²) in [7, 11) is 0. The van der Waals surface area contributed by atoms with Gasteiger partial charge in [0.15, 0.2) is 0 Å². The predicted molar refractivity (Wildman–Crippen MR) is 75.1 cm³/mol. The Labute approximate surface area is 118 Å². The summed E-state index contributed by atoms with van der Waals surface area (Å²) in [4.78, 5) is 1.76. The highest BCUT2D eigenvalue weighted by Gasteiger charge is 2.44. The number of nitrogens with one attached hydrogen (secondary N) is 1. The van der Waals surface area contributed by atoms with Gasteiger partial charge in [-0.1, -0.05) is 29.3 Å². The van der Waals surface area contributed by atoms with Crippen LogP contribution >= 0.6 is 0 Å². The van der Waals surface area contributed by atoms with Crippen LogP contribution in [0.15, 0.2) is 18.2 Å². The van der Waals surface area contributed by atoms with E-state index < -0.39 is 18.6 Å². The third-order valence-electron chi connectivity index (χ3n) is 3.69. The van der Waals surface area contributed by atoms with Crippen LogP contribution in [0.3, 0.4) is 0 Å². The van der Waals surface area contributed by atoms with E-state index in [2.05, 4.69) is 5.32 Å². The minimum Gasteiger partial charge on any atom is -0.390 e. The second-order valence-electron chi connectivity index (χ2n) is 5.53. The van der Waals surface area contributed by atoms with Crippen LogP contribution < -0.4 is 5.32 Å². The monoisotopic (exact) mass is 284 g/mol. The molecule has 1 aromatic rings. The first-order chi connectivity index (χ1) is 9.44. The number of nitrogens with zero attached hydrogens (tertiary/aromatic N) is 1. The SMILES string of the molecule is Cc1cc(C)cc([C@@H](N2CCNCC2)C(F)(F)CO)c1. The fourth-order valence-electron chi connectivity index (χ4n) is 2.92. The number of hydrogen-bond donors (Lipinski definition) is 2. The van der Waals surface area contributed by atoms with E-state index in [1.807, 2.05) is 19.9 Å². The Morgan fingerprint density at radius 1 is 1.20 bits per heavy atom. The quantitative estimate of drug-likeness (QED) is 0.886. The highest BCUT2D eigenvalue weighted by atomic mass is 19.3. The largest absolute Gasteiger partial charge is 0.390 e. The fraction of sp³-hybridized carbons (Fsp3) is 0.600. The van der Waals surface area contributed by atoms with Crippen molar-refractivity contribution >= 4 is 0 Å². The van der Waals surface area contributed by atoms with Crippen LogP contribution in [0.25, 0.3) is 0 Å². The lowest BCUT2D eigenvalue weighted by Crippen LogP contribution is -2.51. The summed E-state index contributed by atoms with van der Waals surface area (Å²) in [6.45, 7) is 5.20. The van der Waals surface area contributed by atoms with Crippen molar-refractivity contribution in [3.05, 3.63) is 34.9 Å². The molecule has 2 N–H and O–H groups in total. The van der Waals surface area contributed by atoms with Crippen molar-refractivity contribution in [2.45, 2.75) is 25.8 Å². The first-order valence-corrected chi connectivity index (χ1v) is 6.95. The number of piperazine rings is 1. The Hall–Kier alpha value is -1.04. The molecule has 0 aromatic heterocycles. The molecule has 0 saturated carbocycles. The van der Waals surface area contributed by atoms with Crippen LogP contribution in [0.5, 0.6) is 0 Å². The number of aliphatic hydroxyl groups excluding tert-OH is 1. The Morgan fingerprint density at radius 2 is 1.75 bits per heavy atom. The van der Waals surface area contributed by atoms with Crippen LogP contribution in [0.4, 0.5) is 8.78 Å². The lowest BCUT2D eigenvalue weighted by atomic mass is 9.95. The Morgan fingerprint density at radius 3 is 2.25 bits per heavy atom. The zero-order valence-corrected chi connectivity index (χ0v) is 12.0. The van der Waals surface area contributed by atoms with E-state index in [1.54, 1.807) is 17.0 Å². The van der Waals surface area contributed by atoms with E-state index in [0.717, 1.165) is 11.1 Å². The van der Waals surface area contributed by atoms with Gasteiger partial charge in [-0.3, -0.25) is 4.90 Å². The molecule has 0 spiro atoms. The highest BCUT2D eigenvalue weighted by Crippen LogP contribution is 2.37. The van der Waals surface area contributed by atoms with Crippen LogP contribution in [0.1, 0.15) is 22.7 Å². The molecule has 0 aliphatic carbocycles. The molecular formula is C15H22F2N2O. The standard InChI is InChI=1S/C15H22F2N2O/c1-11-7-12(2)9-13(8-11)14(15(16,17)10-20)19-5-3-18-4-6-19/h7-9,14,18,20H,3-6,10H2,1-2H3/t14-/m1/s1. The van der Waals surface area contributed by atoms with Crippen molar-refractivity contribution in [1.29, 1.82) is 0 Å². The number of halogens is 2. The molecule has 1 aromatic carbocycles. The summed E-state index contributed by atoms with van der Waals surface area (Å²) in [6, 6.07) is 4.50. The van der Waals surface area contributed by atoms with Crippen LogP contribution in [-0.4, -0.2) is 48.7 Å². The molecule has 1 fully saturated rings. The lowest BCUT2D eigenvalue weighted by Gasteiger charge is -2.39. The van der Waals surface area contributed by atoms with E-state index in [9.17, 15) is 8.78 Å². The van der Waals surface area contributed by atoms with Crippen LogP contribution in [0.2, 0.25) is 0 Å². The molecule has 1 aliphatic rings. The highest BCUT2D eigenvalue weighted by molar-refractivity contribution is 5.32. The lowest BCUT2D eigenvalue weighted by molar-refractivity contribution is -0.118. The minimum absolute atomic E-state index is 0.563. The molecule has 1 saturated heterocycles. The van der Waals surface area contributed by atoms with Gasteiger partial charge in [0.05, 0.1) is 0 Å². The van der Waals surface area contributed by atoms with Gasteiger partial charge in [-0.15, -0.1) is 0 Å². The molecule has 0 bridgehead atoms. The number of hydrogen-bond acceptors (Lipinski definition) is 3. The van der Waals surface area contributed by atoms with Gasteiger partial charge in [0.1, 0.15) is 12.6 Å². The van der Waals surface area contributed by atoms with Gasteiger partial charge in [-0.25, -0.2) is 8.78 Å². The van der Waals surface area contributed by atoms with Gasteiger partial charge < -0.3 is 10.4 Å². The van der Waals surface area contributed by atoms with Crippen molar-refractivity contribution in [2.75, 3.05) is 32.8 Å². The summed E-state index contributed by atoms with van der Waals surface area (Å²) in [5.41, 5.74) is 2.52. The van der Waals surface area contributed by atoms with E-state index in [1.165, 1.54) is 0 Å². The summed E-state index contributed by atoms with van der Waals surface area (Å²) >= 11 is 0. The molecule has 0 radical (unpaired) electrons. The molecule has 0 unspecified atom stereocenters. The molecule has 112 valence electrons. The van der Waals surface area contributed by atoms with Crippen molar-refractivity contribution in [2.24, 2.45) is 0 Å².